The Hall–Kier alpha value is -2.37. The molecule has 1 aliphatic carbocycles. The molecule has 0 saturated heterocycles. The van der Waals surface area contributed by atoms with Crippen molar-refractivity contribution in [1.82, 2.24) is 4.57 Å². The summed E-state index contributed by atoms with van der Waals surface area (Å²) in [5.41, 5.74) is -8.10. The highest BCUT2D eigenvalue weighted by Crippen LogP contribution is 2.33. The molecule has 0 spiro atoms. The zero-order valence-corrected chi connectivity index (χ0v) is 16.1. The molecule has 0 atom stereocenters. The lowest BCUT2D eigenvalue weighted by molar-refractivity contribution is -0.155. The van der Waals surface area contributed by atoms with E-state index in [1.807, 2.05) is 0 Å². The lowest BCUT2D eigenvalue weighted by Gasteiger charge is -2.24. The SMILES string of the molecule is CC(C)(C)OC(=O)Cn1c2c(c(OS(=O)(=O)C(F)(F)F)cc1=O)C(=O)CCC2. The zero-order chi connectivity index (χ0) is 21.5. The zero-order valence-electron chi connectivity index (χ0n) is 15.3. The van der Waals surface area contributed by atoms with Crippen molar-refractivity contribution in [3.05, 3.63) is 27.7 Å². The molecule has 1 aliphatic rings. The van der Waals surface area contributed by atoms with Gasteiger partial charge in [0.05, 0.1) is 5.56 Å². The van der Waals surface area contributed by atoms with Crippen LogP contribution in [0.4, 0.5) is 13.2 Å². The maximum absolute atomic E-state index is 12.6. The van der Waals surface area contributed by atoms with E-state index >= 15 is 0 Å². The van der Waals surface area contributed by atoms with Gasteiger partial charge in [0.25, 0.3) is 5.56 Å². The number of ketones is 1. The molecule has 0 bridgehead atoms. The first-order valence-corrected chi connectivity index (χ1v) is 9.56. The third-order valence-corrected chi connectivity index (χ3v) is 4.63. The van der Waals surface area contributed by atoms with Crippen LogP contribution in [-0.2, 0) is 32.6 Å². The number of hydrogen-bond acceptors (Lipinski definition) is 7. The van der Waals surface area contributed by atoms with Gasteiger partial charge in [0.1, 0.15) is 12.1 Å². The molecular weight excluding hydrogens is 407 g/mol. The highest BCUT2D eigenvalue weighted by Gasteiger charge is 2.49. The molecule has 1 heterocycles. The lowest BCUT2D eigenvalue weighted by atomic mass is 9.93. The fourth-order valence-electron chi connectivity index (χ4n) is 2.68. The van der Waals surface area contributed by atoms with Gasteiger partial charge in [-0.1, -0.05) is 0 Å². The third kappa shape index (κ3) is 4.72. The second-order valence-electron chi connectivity index (χ2n) is 7.10. The van der Waals surface area contributed by atoms with E-state index in [9.17, 15) is 36.0 Å². The van der Waals surface area contributed by atoms with Gasteiger partial charge in [-0.3, -0.25) is 14.4 Å². The summed E-state index contributed by atoms with van der Waals surface area (Å²) < 4.78 is 70.5. The number of carbonyl (C=O) groups excluding carboxylic acids is 2. The van der Waals surface area contributed by atoms with Gasteiger partial charge in [-0.05, 0) is 33.6 Å². The molecule has 0 unspecified atom stereocenters. The van der Waals surface area contributed by atoms with E-state index in [1.54, 1.807) is 20.8 Å². The van der Waals surface area contributed by atoms with Crippen LogP contribution in [0.2, 0.25) is 0 Å². The summed E-state index contributed by atoms with van der Waals surface area (Å²) in [7, 11) is -6.08. The van der Waals surface area contributed by atoms with Crippen molar-refractivity contribution in [3.8, 4) is 5.75 Å². The fraction of sp³-hybridized carbons (Fsp3) is 0.562. The van der Waals surface area contributed by atoms with Crippen LogP contribution in [0.5, 0.6) is 5.75 Å². The number of carbonyl (C=O) groups is 2. The normalized spacial score (nSPS) is 15.1. The molecule has 28 heavy (non-hydrogen) atoms. The molecule has 0 radical (unpaired) electrons. The summed E-state index contributed by atoms with van der Waals surface area (Å²) in [4.78, 5) is 36.6. The second kappa shape index (κ2) is 7.22. The van der Waals surface area contributed by atoms with Crippen molar-refractivity contribution in [2.24, 2.45) is 0 Å². The van der Waals surface area contributed by atoms with Crippen LogP contribution in [0.15, 0.2) is 10.9 Å². The second-order valence-corrected chi connectivity index (χ2v) is 8.64. The third-order valence-electron chi connectivity index (χ3n) is 3.67. The number of fused-ring (bicyclic) bond motifs is 1. The Bertz CT molecular complexity index is 972. The van der Waals surface area contributed by atoms with E-state index in [4.69, 9.17) is 4.74 Å². The Morgan fingerprint density at radius 2 is 1.79 bits per heavy atom. The number of ether oxygens (including phenoxy) is 1. The minimum Gasteiger partial charge on any atom is -0.459 e. The Morgan fingerprint density at radius 3 is 2.32 bits per heavy atom. The maximum Gasteiger partial charge on any atom is 0.534 e. The fourth-order valence-corrected chi connectivity index (χ4v) is 3.14. The van der Waals surface area contributed by atoms with E-state index in [1.165, 1.54) is 0 Å². The van der Waals surface area contributed by atoms with Gasteiger partial charge in [0, 0.05) is 18.2 Å². The van der Waals surface area contributed by atoms with Gasteiger partial charge in [-0.25, -0.2) is 0 Å². The van der Waals surface area contributed by atoms with Crippen LogP contribution < -0.4 is 9.74 Å². The lowest BCUT2D eigenvalue weighted by Crippen LogP contribution is -2.35. The van der Waals surface area contributed by atoms with Crippen LogP contribution in [-0.4, -0.2) is 35.8 Å². The molecule has 0 saturated carbocycles. The Labute approximate surface area is 158 Å². The Kier molecular flexibility index (Phi) is 5.66. The van der Waals surface area contributed by atoms with Gasteiger partial charge in [-0.15, -0.1) is 0 Å². The molecule has 0 aliphatic heterocycles. The van der Waals surface area contributed by atoms with E-state index < -0.39 is 56.4 Å². The Morgan fingerprint density at radius 1 is 1.18 bits per heavy atom. The molecule has 12 heteroatoms. The van der Waals surface area contributed by atoms with Crippen molar-refractivity contribution in [2.75, 3.05) is 0 Å². The van der Waals surface area contributed by atoms with Crippen LogP contribution in [0.25, 0.3) is 0 Å². The van der Waals surface area contributed by atoms with E-state index in [0.717, 1.165) is 4.57 Å². The number of hydrogen-bond donors (Lipinski definition) is 0. The average molecular weight is 425 g/mol. The van der Waals surface area contributed by atoms with E-state index in [-0.39, 0.29) is 25.0 Å². The quantitative estimate of drug-likeness (QED) is 0.412. The van der Waals surface area contributed by atoms with Crippen molar-refractivity contribution >= 4 is 21.9 Å². The summed E-state index contributed by atoms with van der Waals surface area (Å²) in [5.74, 6) is -2.49. The molecule has 0 amide bonds. The molecule has 0 N–H and O–H groups in total. The predicted molar refractivity (Wildman–Crippen MR) is 89.4 cm³/mol. The predicted octanol–water partition coefficient (Wildman–Crippen LogP) is 1.94. The number of halogens is 3. The minimum absolute atomic E-state index is 0.0676. The van der Waals surface area contributed by atoms with Crippen molar-refractivity contribution in [3.63, 3.8) is 0 Å². The van der Waals surface area contributed by atoms with Crippen molar-refractivity contribution in [1.29, 1.82) is 0 Å². The molecule has 1 aromatic rings. The summed E-state index contributed by atoms with van der Waals surface area (Å²) >= 11 is 0. The van der Waals surface area contributed by atoms with Gasteiger partial charge >= 0.3 is 21.6 Å². The number of Topliss-reactive ketones (excluding diaryl/α,β-unsaturated/α-hetero) is 1. The highest BCUT2D eigenvalue weighted by molar-refractivity contribution is 7.88. The van der Waals surface area contributed by atoms with Crippen LogP contribution >= 0.6 is 0 Å². The van der Waals surface area contributed by atoms with Gasteiger partial charge < -0.3 is 13.5 Å². The summed E-state index contributed by atoms with van der Waals surface area (Å²) in [6.45, 7) is 4.22. The number of nitrogens with zero attached hydrogens (tertiary/aromatic N) is 1. The maximum atomic E-state index is 12.6. The van der Waals surface area contributed by atoms with Crippen LogP contribution in [0.3, 0.4) is 0 Å². The molecule has 0 fully saturated rings. The number of rotatable bonds is 4. The standard InChI is InChI=1S/C16H18F3NO7S/c1-15(2,3)26-13(23)8-20-9-5-4-6-10(21)14(9)11(7-12(20)22)27-28(24,25)16(17,18)19/h7H,4-6,8H2,1-3H3. The van der Waals surface area contributed by atoms with Crippen molar-refractivity contribution in [2.45, 2.75) is 57.7 Å². The monoisotopic (exact) mass is 425 g/mol. The number of alkyl halides is 3. The van der Waals surface area contributed by atoms with Crippen LogP contribution in [0.1, 0.15) is 49.7 Å². The topological polar surface area (TPSA) is 109 Å². The smallest absolute Gasteiger partial charge is 0.459 e. The van der Waals surface area contributed by atoms with Gasteiger partial charge in [0.2, 0.25) is 0 Å². The first-order chi connectivity index (χ1) is 12.6. The molecule has 1 aromatic heterocycles. The van der Waals surface area contributed by atoms with E-state index in [2.05, 4.69) is 4.18 Å². The first-order valence-electron chi connectivity index (χ1n) is 8.15. The minimum atomic E-state index is -6.08. The Balaban J connectivity index is 2.55. The van der Waals surface area contributed by atoms with Gasteiger partial charge in [0.15, 0.2) is 11.5 Å². The summed E-state index contributed by atoms with van der Waals surface area (Å²) in [6, 6.07) is 0.454. The highest BCUT2D eigenvalue weighted by atomic mass is 32.2. The average Bonchev–Trinajstić information content (AvgIpc) is 2.47. The first kappa shape index (κ1) is 21.9. The van der Waals surface area contributed by atoms with Gasteiger partial charge in [-0.2, -0.15) is 21.6 Å². The molecular formula is C16H18F3NO7S. The number of aromatic nitrogens is 1. The summed E-state index contributed by atoms with van der Waals surface area (Å²) in [5, 5.41) is 0. The largest absolute Gasteiger partial charge is 0.534 e. The molecule has 2 rings (SSSR count). The molecule has 8 nitrogen and oxygen atoms in total. The number of pyridine rings is 1. The van der Waals surface area contributed by atoms with E-state index in [0.29, 0.717) is 6.07 Å². The van der Waals surface area contributed by atoms with Crippen LogP contribution in [0, 0.1) is 0 Å². The number of esters is 1. The summed E-state index contributed by atoms with van der Waals surface area (Å²) in [6.07, 6.45) is 0.275. The van der Waals surface area contributed by atoms with Crippen molar-refractivity contribution < 1.29 is 40.1 Å². The molecule has 0 aromatic carbocycles. The molecule has 156 valence electrons.